The molecule has 0 bridgehead atoms. The highest BCUT2D eigenvalue weighted by Crippen LogP contribution is 2.22. The fourth-order valence-electron chi connectivity index (χ4n) is 1.41. The maximum Gasteiger partial charge on any atom is 0.132 e. The summed E-state index contributed by atoms with van der Waals surface area (Å²) < 4.78 is 15.3. The fraction of sp³-hybridized carbons (Fsp3) is 0.182. The molecule has 1 aromatic heterocycles. The molecule has 0 amide bonds. The molecular formula is C11H10ClFN2. The molecule has 0 radical (unpaired) electrons. The van der Waals surface area contributed by atoms with E-state index in [1.54, 1.807) is 36.1 Å². The zero-order valence-corrected chi connectivity index (χ0v) is 9.00. The van der Waals surface area contributed by atoms with E-state index in [1.807, 2.05) is 0 Å². The van der Waals surface area contributed by atoms with Crippen LogP contribution in [0.1, 0.15) is 5.56 Å². The Labute approximate surface area is 92.3 Å². The first-order valence-corrected chi connectivity index (χ1v) is 5.08. The van der Waals surface area contributed by atoms with Crippen LogP contribution in [0.15, 0.2) is 30.5 Å². The Kier molecular flexibility index (Phi) is 2.73. The predicted molar refractivity (Wildman–Crippen MR) is 58.2 cm³/mol. The zero-order chi connectivity index (χ0) is 10.8. The van der Waals surface area contributed by atoms with Gasteiger partial charge in [-0.3, -0.25) is 4.68 Å². The van der Waals surface area contributed by atoms with Gasteiger partial charge in [-0.15, -0.1) is 11.6 Å². The highest BCUT2D eigenvalue weighted by Gasteiger charge is 2.07. The quantitative estimate of drug-likeness (QED) is 0.718. The van der Waals surface area contributed by atoms with Crippen molar-refractivity contribution in [3.8, 4) is 11.3 Å². The number of hydrogen-bond acceptors (Lipinski definition) is 1. The van der Waals surface area contributed by atoms with Gasteiger partial charge >= 0.3 is 0 Å². The molecule has 0 aliphatic rings. The minimum Gasteiger partial charge on any atom is -0.275 e. The van der Waals surface area contributed by atoms with Crippen LogP contribution in [0.5, 0.6) is 0 Å². The van der Waals surface area contributed by atoms with Crippen LogP contribution in [-0.4, -0.2) is 9.78 Å². The molecule has 4 heteroatoms. The van der Waals surface area contributed by atoms with Gasteiger partial charge in [0.05, 0.1) is 5.69 Å². The van der Waals surface area contributed by atoms with Gasteiger partial charge < -0.3 is 0 Å². The molecule has 0 aliphatic heterocycles. The maximum absolute atomic E-state index is 13.6. The van der Waals surface area contributed by atoms with Crippen molar-refractivity contribution in [2.75, 3.05) is 0 Å². The number of aryl methyl sites for hydroxylation is 1. The molecular weight excluding hydrogens is 215 g/mol. The molecule has 0 spiro atoms. The van der Waals surface area contributed by atoms with Gasteiger partial charge in [0.1, 0.15) is 5.82 Å². The smallest absolute Gasteiger partial charge is 0.132 e. The zero-order valence-electron chi connectivity index (χ0n) is 8.24. The fourth-order valence-corrected chi connectivity index (χ4v) is 1.57. The lowest BCUT2D eigenvalue weighted by atomic mass is 10.1. The summed E-state index contributed by atoms with van der Waals surface area (Å²) in [5.41, 5.74) is 1.91. The minimum atomic E-state index is -0.285. The second-order valence-electron chi connectivity index (χ2n) is 3.32. The summed E-state index contributed by atoms with van der Waals surface area (Å²) in [6.45, 7) is 0. The Bertz CT molecular complexity index is 479. The lowest BCUT2D eigenvalue weighted by Crippen LogP contribution is -1.91. The summed E-state index contributed by atoms with van der Waals surface area (Å²) in [6.07, 6.45) is 1.78. The van der Waals surface area contributed by atoms with Crippen LogP contribution in [0, 0.1) is 5.82 Å². The molecule has 0 N–H and O–H groups in total. The van der Waals surface area contributed by atoms with Crippen molar-refractivity contribution < 1.29 is 4.39 Å². The molecule has 0 saturated carbocycles. The molecule has 2 aromatic rings. The Balaban J connectivity index is 2.45. The number of hydrogen-bond donors (Lipinski definition) is 0. The van der Waals surface area contributed by atoms with Gasteiger partial charge in [-0.2, -0.15) is 5.10 Å². The van der Waals surface area contributed by atoms with E-state index in [0.717, 1.165) is 5.56 Å². The third-order valence-corrected chi connectivity index (χ3v) is 2.49. The van der Waals surface area contributed by atoms with E-state index >= 15 is 0 Å². The van der Waals surface area contributed by atoms with Crippen LogP contribution in [0.3, 0.4) is 0 Å². The highest BCUT2D eigenvalue weighted by atomic mass is 35.5. The Morgan fingerprint density at radius 2 is 2.20 bits per heavy atom. The second kappa shape index (κ2) is 4.03. The second-order valence-corrected chi connectivity index (χ2v) is 3.59. The topological polar surface area (TPSA) is 17.8 Å². The molecule has 0 fully saturated rings. The molecule has 0 unspecified atom stereocenters. The van der Waals surface area contributed by atoms with Gasteiger partial charge in [-0.25, -0.2) is 4.39 Å². The number of nitrogens with zero attached hydrogens (tertiary/aromatic N) is 2. The largest absolute Gasteiger partial charge is 0.275 e. The molecule has 0 atom stereocenters. The van der Waals surface area contributed by atoms with Crippen LogP contribution in [0.25, 0.3) is 11.3 Å². The Morgan fingerprint density at radius 3 is 2.73 bits per heavy atom. The van der Waals surface area contributed by atoms with Crippen molar-refractivity contribution in [2.24, 2.45) is 7.05 Å². The minimum absolute atomic E-state index is 0.285. The third-order valence-electron chi connectivity index (χ3n) is 2.18. The van der Waals surface area contributed by atoms with Gasteiger partial charge in [-0.05, 0) is 23.8 Å². The number of halogens is 2. The van der Waals surface area contributed by atoms with Gasteiger partial charge in [0.2, 0.25) is 0 Å². The molecule has 1 heterocycles. The van der Waals surface area contributed by atoms with Crippen molar-refractivity contribution in [2.45, 2.75) is 5.88 Å². The van der Waals surface area contributed by atoms with E-state index in [4.69, 9.17) is 11.6 Å². The van der Waals surface area contributed by atoms with E-state index < -0.39 is 0 Å². The molecule has 2 nitrogen and oxygen atoms in total. The average Bonchev–Trinajstić information content (AvgIpc) is 2.64. The Morgan fingerprint density at radius 1 is 1.40 bits per heavy atom. The lowest BCUT2D eigenvalue weighted by molar-refractivity contribution is 0.628. The highest BCUT2D eigenvalue weighted by molar-refractivity contribution is 6.17. The average molecular weight is 225 g/mol. The van der Waals surface area contributed by atoms with Gasteiger partial charge in [0.15, 0.2) is 0 Å². The van der Waals surface area contributed by atoms with Crippen LogP contribution < -0.4 is 0 Å². The van der Waals surface area contributed by atoms with E-state index in [0.29, 0.717) is 17.1 Å². The molecule has 1 aromatic carbocycles. The summed E-state index contributed by atoms with van der Waals surface area (Å²) in [5.74, 6) is 0.0335. The van der Waals surface area contributed by atoms with Gasteiger partial charge in [0.25, 0.3) is 0 Å². The predicted octanol–water partition coefficient (Wildman–Crippen LogP) is 2.97. The first kappa shape index (κ1) is 10.2. The number of rotatable bonds is 2. The number of benzene rings is 1. The lowest BCUT2D eigenvalue weighted by Gasteiger charge is -2.01. The van der Waals surface area contributed by atoms with Crippen LogP contribution in [0.2, 0.25) is 0 Å². The SMILES string of the molecule is Cn1ccc(-c2ccc(CCl)cc2F)n1. The number of alkyl halides is 1. The Hall–Kier alpha value is -1.35. The standard InChI is InChI=1S/C11H10ClFN2/c1-15-5-4-11(14-15)9-3-2-8(7-12)6-10(9)13/h2-6H,7H2,1H3. The van der Waals surface area contributed by atoms with Crippen LogP contribution in [0.4, 0.5) is 4.39 Å². The summed E-state index contributed by atoms with van der Waals surface area (Å²) in [4.78, 5) is 0. The summed E-state index contributed by atoms with van der Waals surface area (Å²) in [6, 6.07) is 6.73. The van der Waals surface area contributed by atoms with Crippen molar-refractivity contribution in [1.82, 2.24) is 9.78 Å². The van der Waals surface area contributed by atoms with E-state index in [2.05, 4.69) is 5.10 Å². The van der Waals surface area contributed by atoms with Crippen molar-refractivity contribution >= 4 is 11.6 Å². The van der Waals surface area contributed by atoms with Crippen LogP contribution in [-0.2, 0) is 12.9 Å². The maximum atomic E-state index is 13.6. The first-order valence-electron chi connectivity index (χ1n) is 4.55. The normalized spacial score (nSPS) is 10.6. The molecule has 15 heavy (non-hydrogen) atoms. The molecule has 78 valence electrons. The van der Waals surface area contributed by atoms with Gasteiger partial charge in [-0.1, -0.05) is 6.07 Å². The summed E-state index contributed by atoms with van der Waals surface area (Å²) in [7, 11) is 1.80. The first-order chi connectivity index (χ1) is 7.20. The van der Waals surface area contributed by atoms with E-state index in [9.17, 15) is 4.39 Å². The van der Waals surface area contributed by atoms with E-state index in [-0.39, 0.29) is 5.82 Å². The van der Waals surface area contributed by atoms with Crippen LogP contribution >= 0.6 is 11.6 Å². The molecule has 2 rings (SSSR count). The monoisotopic (exact) mass is 224 g/mol. The van der Waals surface area contributed by atoms with Crippen molar-refractivity contribution in [1.29, 1.82) is 0 Å². The summed E-state index contributed by atoms with van der Waals surface area (Å²) >= 11 is 5.61. The summed E-state index contributed by atoms with van der Waals surface area (Å²) in [5, 5.41) is 4.14. The van der Waals surface area contributed by atoms with E-state index in [1.165, 1.54) is 6.07 Å². The molecule has 0 saturated heterocycles. The van der Waals surface area contributed by atoms with Gasteiger partial charge in [0, 0.05) is 24.7 Å². The molecule has 0 aliphatic carbocycles. The van der Waals surface area contributed by atoms with Crippen molar-refractivity contribution in [3.63, 3.8) is 0 Å². The third kappa shape index (κ3) is 2.02. The van der Waals surface area contributed by atoms with Crippen molar-refractivity contribution in [3.05, 3.63) is 41.8 Å². The number of aromatic nitrogens is 2.